The number of carboxylic acids is 1. The van der Waals surface area contributed by atoms with Crippen molar-refractivity contribution >= 4 is 29.6 Å². The molecular formula is C19H29N5O4S. The number of aliphatic hydroxyl groups excluding tert-OH is 1. The van der Waals surface area contributed by atoms with Crippen molar-refractivity contribution in [1.29, 1.82) is 5.41 Å². The van der Waals surface area contributed by atoms with Crippen LogP contribution in [0.5, 0.6) is 0 Å². The molecule has 3 heterocycles. The van der Waals surface area contributed by atoms with Crippen molar-refractivity contribution in [2.24, 2.45) is 17.6 Å². The van der Waals surface area contributed by atoms with E-state index in [4.69, 9.17) is 11.1 Å². The molecule has 0 bridgehead atoms. The second kappa shape index (κ2) is 7.48. The van der Waals surface area contributed by atoms with Crippen LogP contribution in [0.15, 0.2) is 10.6 Å². The van der Waals surface area contributed by atoms with Crippen LogP contribution in [0.3, 0.4) is 0 Å². The lowest BCUT2D eigenvalue weighted by molar-refractivity contribution is -0.163. The predicted octanol–water partition coefficient (Wildman–Crippen LogP) is -0.0383. The third-order valence-corrected chi connectivity index (χ3v) is 8.21. The third kappa shape index (κ3) is 3.40. The number of thioether (sulfide) groups is 1. The Balaban J connectivity index is 1.37. The van der Waals surface area contributed by atoms with Crippen molar-refractivity contribution in [2.45, 2.75) is 62.6 Å². The zero-order chi connectivity index (χ0) is 21.0. The number of carboxylic acid groups (broad SMARTS) is 1. The lowest BCUT2D eigenvalue weighted by Gasteiger charge is -2.46. The van der Waals surface area contributed by atoms with E-state index in [0.29, 0.717) is 11.3 Å². The van der Waals surface area contributed by atoms with Gasteiger partial charge in [0.1, 0.15) is 5.70 Å². The Morgan fingerprint density at radius 1 is 1.38 bits per heavy atom. The maximum atomic E-state index is 12.4. The molecule has 10 heteroatoms. The van der Waals surface area contributed by atoms with Crippen molar-refractivity contribution in [2.75, 3.05) is 13.1 Å². The van der Waals surface area contributed by atoms with Gasteiger partial charge in [-0.25, -0.2) is 4.79 Å². The van der Waals surface area contributed by atoms with E-state index in [1.54, 1.807) is 18.7 Å². The number of β-lactam (4-membered cyclic amide) rings is 1. The fourth-order valence-electron chi connectivity index (χ4n) is 5.34. The highest BCUT2D eigenvalue weighted by Crippen LogP contribution is 2.52. The number of fused-ring (bicyclic) bond motifs is 1. The second-order valence-corrected chi connectivity index (χ2v) is 10.0. The molecule has 4 rings (SSSR count). The molecular weight excluding hydrogens is 394 g/mol. The number of rotatable bonds is 6. The average molecular weight is 424 g/mol. The van der Waals surface area contributed by atoms with E-state index in [2.05, 4.69) is 10.2 Å². The van der Waals surface area contributed by atoms with Crippen LogP contribution in [0.1, 0.15) is 33.1 Å². The number of amides is 1. The third-order valence-electron chi connectivity index (χ3n) is 6.76. The van der Waals surface area contributed by atoms with E-state index in [0.717, 1.165) is 37.3 Å². The standard InChI is InChI=1S/C19H29N5O4S/c1-8-14-13(9(2)25)17(26)24(14)15(18(27)28)16(8)29-12-6-23(7-12)11-4-3-10(5-11)22-19(20)21/h8-14,25H,3-7H2,1-2H3,(H,27,28)(H4,20,21,22). The summed E-state index contributed by atoms with van der Waals surface area (Å²) in [6.45, 7) is 5.34. The first kappa shape index (κ1) is 20.5. The lowest BCUT2D eigenvalue weighted by atomic mass is 9.79. The number of hydrogen-bond donors (Lipinski definition) is 5. The van der Waals surface area contributed by atoms with Gasteiger partial charge in [0.15, 0.2) is 5.96 Å². The summed E-state index contributed by atoms with van der Waals surface area (Å²) >= 11 is 1.59. The lowest BCUT2D eigenvalue weighted by Crippen LogP contribution is -2.63. The highest BCUT2D eigenvalue weighted by molar-refractivity contribution is 8.03. The number of aliphatic hydroxyl groups is 1. The van der Waals surface area contributed by atoms with Crippen LogP contribution in [0.2, 0.25) is 0 Å². The number of guanidine groups is 1. The molecule has 0 aromatic carbocycles. The summed E-state index contributed by atoms with van der Waals surface area (Å²) < 4.78 is 0. The van der Waals surface area contributed by atoms with Crippen molar-refractivity contribution in [3.8, 4) is 0 Å². The minimum Gasteiger partial charge on any atom is -0.477 e. The normalized spacial score (nSPS) is 35.9. The van der Waals surface area contributed by atoms with Gasteiger partial charge in [0.2, 0.25) is 5.91 Å². The van der Waals surface area contributed by atoms with Gasteiger partial charge in [0.25, 0.3) is 0 Å². The SMILES string of the molecule is CC(O)C1C(=O)N2C(C(=O)O)=C(SC3CN(C4CCC(NC(=N)N)C4)C3)C(C)C12. The van der Waals surface area contributed by atoms with Gasteiger partial charge < -0.3 is 26.2 Å². The highest BCUT2D eigenvalue weighted by atomic mass is 32.2. The Kier molecular flexibility index (Phi) is 5.28. The van der Waals surface area contributed by atoms with Gasteiger partial charge in [-0.3, -0.25) is 15.1 Å². The van der Waals surface area contributed by atoms with Gasteiger partial charge in [-0.2, -0.15) is 0 Å². The molecule has 1 aliphatic carbocycles. The van der Waals surface area contributed by atoms with E-state index in [1.807, 2.05) is 6.92 Å². The van der Waals surface area contributed by atoms with E-state index in [-0.39, 0.29) is 35.6 Å². The van der Waals surface area contributed by atoms with Crippen molar-refractivity contribution in [3.63, 3.8) is 0 Å². The van der Waals surface area contributed by atoms with Crippen LogP contribution in [0, 0.1) is 17.2 Å². The molecule has 9 nitrogen and oxygen atoms in total. The van der Waals surface area contributed by atoms with Gasteiger partial charge in [0.05, 0.1) is 18.1 Å². The number of carbonyl (C=O) groups is 2. The fraction of sp³-hybridized carbons (Fsp3) is 0.737. The molecule has 2 saturated heterocycles. The molecule has 3 aliphatic heterocycles. The number of likely N-dealkylation sites (tertiary alicyclic amines) is 1. The summed E-state index contributed by atoms with van der Waals surface area (Å²) in [5, 5.41) is 30.3. The monoisotopic (exact) mass is 423 g/mol. The summed E-state index contributed by atoms with van der Waals surface area (Å²) in [5.41, 5.74) is 5.54. The van der Waals surface area contributed by atoms with E-state index in [9.17, 15) is 19.8 Å². The molecule has 4 aliphatic rings. The second-order valence-electron chi connectivity index (χ2n) is 8.69. The number of nitrogens with two attached hydrogens (primary N) is 1. The van der Waals surface area contributed by atoms with Gasteiger partial charge >= 0.3 is 5.97 Å². The topological polar surface area (TPSA) is 143 Å². The first-order valence-electron chi connectivity index (χ1n) is 10.2. The highest BCUT2D eigenvalue weighted by Gasteiger charge is 2.60. The quantitative estimate of drug-likeness (QED) is 0.228. The molecule has 6 N–H and O–H groups in total. The molecule has 6 unspecified atom stereocenters. The van der Waals surface area contributed by atoms with Crippen LogP contribution in [-0.4, -0.2) is 80.4 Å². The van der Waals surface area contributed by atoms with E-state index < -0.39 is 18.0 Å². The average Bonchev–Trinajstić information content (AvgIpc) is 3.11. The Morgan fingerprint density at radius 3 is 2.66 bits per heavy atom. The Labute approximate surface area is 174 Å². The minimum atomic E-state index is -1.07. The van der Waals surface area contributed by atoms with E-state index >= 15 is 0 Å². The Morgan fingerprint density at radius 2 is 2.07 bits per heavy atom. The van der Waals surface area contributed by atoms with Crippen molar-refractivity contribution < 1.29 is 19.8 Å². The number of aliphatic carboxylic acids is 1. The molecule has 6 atom stereocenters. The zero-order valence-electron chi connectivity index (χ0n) is 16.7. The fourth-order valence-corrected chi connectivity index (χ4v) is 6.88. The Hall–Kier alpha value is -1.78. The van der Waals surface area contributed by atoms with Crippen LogP contribution >= 0.6 is 11.8 Å². The minimum absolute atomic E-state index is 0.0192. The largest absolute Gasteiger partial charge is 0.477 e. The first-order valence-corrected chi connectivity index (χ1v) is 11.1. The maximum Gasteiger partial charge on any atom is 0.353 e. The molecule has 29 heavy (non-hydrogen) atoms. The van der Waals surface area contributed by atoms with E-state index in [1.165, 1.54) is 4.90 Å². The molecule has 160 valence electrons. The molecule has 1 saturated carbocycles. The van der Waals surface area contributed by atoms with Crippen LogP contribution in [-0.2, 0) is 9.59 Å². The van der Waals surface area contributed by atoms with Gasteiger partial charge in [-0.1, -0.05) is 6.92 Å². The summed E-state index contributed by atoms with van der Waals surface area (Å²) in [7, 11) is 0. The number of nitrogens with one attached hydrogen (secondary N) is 2. The molecule has 3 fully saturated rings. The molecule has 0 spiro atoms. The van der Waals surface area contributed by atoms with Crippen LogP contribution in [0.4, 0.5) is 0 Å². The number of nitrogens with zero attached hydrogens (tertiary/aromatic N) is 2. The molecule has 0 radical (unpaired) electrons. The molecule has 0 aromatic heterocycles. The summed E-state index contributed by atoms with van der Waals surface area (Å²) in [6.07, 6.45) is 2.27. The summed E-state index contributed by atoms with van der Waals surface area (Å²) in [4.78, 5) is 28.9. The van der Waals surface area contributed by atoms with Crippen LogP contribution in [0.25, 0.3) is 0 Å². The van der Waals surface area contributed by atoms with Gasteiger partial charge in [0, 0.05) is 41.2 Å². The van der Waals surface area contributed by atoms with Gasteiger partial charge in [-0.15, -0.1) is 11.8 Å². The van der Waals surface area contributed by atoms with Crippen molar-refractivity contribution in [3.05, 3.63) is 10.6 Å². The molecule has 0 aromatic rings. The van der Waals surface area contributed by atoms with Gasteiger partial charge in [-0.05, 0) is 26.2 Å². The predicted molar refractivity (Wildman–Crippen MR) is 109 cm³/mol. The zero-order valence-corrected chi connectivity index (χ0v) is 17.5. The maximum absolute atomic E-state index is 12.4. The molecule has 1 amide bonds. The smallest absolute Gasteiger partial charge is 0.353 e. The first-order chi connectivity index (χ1) is 13.7. The Bertz CT molecular complexity index is 766. The van der Waals surface area contributed by atoms with Crippen LogP contribution < -0.4 is 11.1 Å². The number of hydrogen-bond acceptors (Lipinski definition) is 6. The van der Waals surface area contributed by atoms with Crippen molar-refractivity contribution in [1.82, 2.24) is 15.1 Å². The summed E-state index contributed by atoms with van der Waals surface area (Å²) in [5.74, 6) is -1.92. The summed E-state index contributed by atoms with van der Waals surface area (Å²) in [6, 6.07) is 0.478. The number of carbonyl (C=O) groups excluding carboxylic acids is 1.